The Hall–Kier alpha value is -1.44. The SMILES string of the molecule is Cc1c(CCCC2(F)CC2)c(Cl)n2nc(Cl)nc(NCc3ccsn3)c12. The van der Waals surface area contributed by atoms with Crippen molar-refractivity contribution in [1.82, 2.24) is 19.0 Å². The van der Waals surface area contributed by atoms with E-state index in [1.54, 1.807) is 4.52 Å². The van der Waals surface area contributed by atoms with Gasteiger partial charge in [-0.3, -0.25) is 0 Å². The smallest absolute Gasteiger partial charge is 0.243 e. The number of halogens is 3. The van der Waals surface area contributed by atoms with Crippen LogP contribution in [0.3, 0.4) is 0 Å². The number of hydrogen-bond acceptors (Lipinski definition) is 5. The molecule has 1 N–H and O–H groups in total. The lowest BCUT2D eigenvalue weighted by molar-refractivity contribution is 0.284. The Kier molecular flexibility index (Phi) is 4.79. The predicted molar refractivity (Wildman–Crippen MR) is 103 cm³/mol. The van der Waals surface area contributed by atoms with Crippen molar-refractivity contribution in [1.29, 1.82) is 0 Å². The predicted octanol–water partition coefficient (Wildman–Crippen LogP) is 5.24. The lowest BCUT2D eigenvalue weighted by Gasteiger charge is -2.07. The maximum Gasteiger partial charge on any atom is 0.243 e. The van der Waals surface area contributed by atoms with Crippen molar-refractivity contribution in [3.63, 3.8) is 0 Å². The largest absolute Gasteiger partial charge is 0.362 e. The highest BCUT2D eigenvalue weighted by atomic mass is 35.5. The van der Waals surface area contributed by atoms with Crippen LogP contribution in [-0.4, -0.2) is 24.6 Å². The summed E-state index contributed by atoms with van der Waals surface area (Å²) in [6, 6.07) is 1.95. The van der Waals surface area contributed by atoms with E-state index in [9.17, 15) is 4.39 Å². The zero-order valence-electron chi connectivity index (χ0n) is 14.2. The average molecular weight is 414 g/mol. The zero-order chi connectivity index (χ0) is 18.3. The Morgan fingerprint density at radius 2 is 2.19 bits per heavy atom. The van der Waals surface area contributed by atoms with Crippen LogP contribution in [0.1, 0.15) is 42.5 Å². The van der Waals surface area contributed by atoms with Gasteiger partial charge in [0.15, 0.2) is 5.82 Å². The van der Waals surface area contributed by atoms with Gasteiger partial charge in [-0.2, -0.15) is 9.36 Å². The first-order chi connectivity index (χ1) is 12.5. The second-order valence-corrected chi connectivity index (χ2v) is 8.09. The third kappa shape index (κ3) is 3.52. The monoisotopic (exact) mass is 413 g/mol. The highest BCUT2D eigenvalue weighted by molar-refractivity contribution is 7.03. The highest BCUT2D eigenvalue weighted by Gasteiger charge is 2.42. The number of fused-ring (bicyclic) bond motifs is 1. The quantitative estimate of drug-likeness (QED) is 0.575. The Labute approximate surface area is 164 Å². The Morgan fingerprint density at radius 1 is 1.38 bits per heavy atom. The molecule has 9 heteroatoms. The van der Waals surface area contributed by atoms with Crippen LogP contribution >= 0.6 is 34.7 Å². The number of nitrogens with one attached hydrogen (secondary N) is 1. The van der Waals surface area contributed by atoms with Crippen LogP contribution in [0.2, 0.25) is 10.4 Å². The molecule has 0 radical (unpaired) electrons. The molecule has 1 fully saturated rings. The molecule has 0 aliphatic heterocycles. The molecule has 0 spiro atoms. The van der Waals surface area contributed by atoms with Gasteiger partial charge in [0, 0.05) is 5.38 Å². The van der Waals surface area contributed by atoms with E-state index in [2.05, 4.69) is 19.8 Å². The minimum absolute atomic E-state index is 0.113. The van der Waals surface area contributed by atoms with Crippen molar-refractivity contribution in [2.24, 2.45) is 0 Å². The molecule has 0 bridgehead atoms. The van der Waals surface area contributed by atoms with Gasteiger partial charge in [-0.25, -0.2) is 8.91 Å². The fourth-order valence-corrected chi connectivity index (χ4v) is 4.25. The summed E-state index contributed by atoms with van der Waals surface area (Å²) in [5.74, 6) is 0.618. The van der Waals surface area contributed by atoms with Gasteiger partial charge in [0.05, 0.1) is 12.2 Å². The number of aryl methyl sites for hydroxylation is 1. The van der Waals surface area contributed by atoms with E-state index >= 15 is 0 Å². The Bertz CT molecular complexity index is 937. The number of rotatable bonds is 7. The summed E-state index contributed by atoms with van der Waals surface area (Å²) >= 11 is 14.0. The number of nitrogens with zero attached hydrogens (tertiary/aromatic N) is 4. The van der Waals surface area contributed by atoms with E-state index in [4.69, 9.17) is 23.2 Å². The molecule has 1 aliphatic carbocycles. The van der Waals surface area contributed by atoms with Crippen molar-refractivity contribution in [2.75, 3.05) is 5.32 Å². The minimum atomic E-state index is -0.942. The molecule has 3 heterocycles. The first kappa shape index (κ1) is 17.9. The summed E-state index contributed by atoms with van der Waals surface area (Å²) in [5.41, 5.74) is 2.76. The van der Waals surface area contributed by atoms with E-state index in [1.807, 2.05) is 18.4 Å². The second-order valence-electron chi connectivity index (χ2n) is 6.73. The molecule has 138 valence electrons. The summed E-state index contributed by atoms with van der Waals surface area (Å²) in [5, 5.41) is 10.1. The lowest BCUT2D eigenvalue weighted by atomic mass is 10.0. The van der Waals surface area contributed by atoms with Gasteiger partial charge in [-0.05, 0) is 79.4 Å². The average Bonchev–Trinajstić information content (AvgIpc) is 3.04. The van der Waals surface area contributed by atoms with E-state index in [1.165, 1.54) is 11.5 Å². The highest BCUT2D eigenvalue weighted by Crippen LogP contribution is 2.44. The second kappa shape index (κ2) is 6.94. The van der Waals surface area contributed by atoms with E-state index < -0.39 is 5.67 Å². The van der Waals surface area contributed by atoms with Crippen molar-refractivity contribution in [3.8, 4) is 0 Å². The number of aromatic nitrogens is 4. The maximum atomic E-state index is 13.9. The lowest BCUT2D eigenvalue weighted by Crippen LogP contribution is -2.06. The third-order valence-electron chi connectivity index (χ3n) is 4.84. The normalized spacial score (nSPS) is 15.5. The summed E-state index contributed by atoms with van der Waals surface area (Å²) in [6.45, 7) is 2.53. The zero-order valence-corrected chi connectivity index (χ0v) is 16.6. The maximum absolute atomic E-state index is 13.9. The molecule has 1 saturated carbocycles. The molecule has 1 aliphatic rings. The summed E-state index contributed by atoms with van der Waals surface area (Å²) in [4.78, 5) is 4.32. The molecule has 26 heavy (non-hydrogen) atoms. The molecular weight excluding hydrogens is 396 g/mol. The topological polar surface area (TPSA) is 55.1 Å². The van der Waals surface area contributed by atoms with Gasteiger partial charge in [-0.1, -0.05) is 11.6 Å². The molecule has 0 amide bonds. The Morgan fingerprint density at radius 3 is 2.88 bits per heavy atom. The first-order valence-electron chi connectivity index (χ1n) is 8.52. The van der Waals surface area contributed by atoms with Crippen molar-refractivity contribution < 1.29 is 4.39 Å². The Balaban J connectivity index is 1.62. The molecule has 3 aromatic heterocycles. The molecular formula is C17H18Cl2FN5S. The van der Waals surface area contributed by atoms with Gasteiger partial charge < -0.3 is 5.32 Å². The molecule has 0 aromatic carbocycles. The first-order valence-corrected chi connectivity index (χ1v) is 10.1. The molecule has 4 rings (SSSR count). The van der Waals surface area contributed by atoms with Crippen LogP contribution in [-0.2, 0) is 13.0 Å². The van der Waals surface area contributed by atoms with E-state index in [0.29, 0.717) is 43.2 Å². The van der Waals surface area contributed by atoms with Gasteiger partial charge in [0.25, 0.3) is 0 Å². The van der Waals surface area contributed by atoms with Gasteiger partial charge in [0.2, 0.25) is 5.28 Å². The van der Waals surface area contributed by atoms with Crippen LogP contribution < -0.4 is 5.32 Å². The number of anilines is 1. The molecule has 3 aromatic rings. The molecule has 0 unspecified atom stereocenters. The van der Waals surface area contributed by atoms with Crippen LogP contribution in [0.15, 0.2) is 11.4 Å². The summed E-state index contributed by atoms with van der Waals surface area (Å²) in [7, 11) is 0. The van der Waals surface area contributed by atoms with Gasteiger partial charge in [0.1, 0.15) is 16.3 Å². The molecule has 5 nitrogen and oxygen atoms in total. The van der Waals surface area contributed by atoms with Crippen LogP contribution in [0, 0.1) is 6.92 Å². The fraction of sp³-hybridized carbons (Fsp3) is 0.471. The van der Waals surface area contributed by atoms with Gasteiger partial charge in [-0.15, -0.1) is 5.10 Å². The van der Waals surface area contributed by atoms with Gasteiger partial charge >= 0.3 is 0 Å². The standard InChI is InChI=1S/C17H18Cl2FN5S/c1-10-12(3-2-5-17(20)6-7-17)14(18)25-13(10)15(22-16(19)23-25)21-9-11-4-8-26-24-11/h4,8H,2-3,5-7,9H2,1H3,(H,21,22,23). The van der Waals surface area contributed by atoms with Crippen LogP contribution in [0.25, 0.3) is 5.52 Å². The van der Waals surface area contributed by atoms with Crippen LogP contribution in [0.5, 0.6) is 0 Å². The fourth-order valence-electron chi connectivity index (χ4n) is 3.19. The van der Waals surface area contributed by atoms with E-state index in [0.717, 1.165) is 28.8 Å². The number of alkyl halides is 1. The van der Waals surface area contributed by atoms with Crippen molar-refractivity contribution in [2.45, 2.75) is 51.2 Å². The number of hydrogen-bond donors (Lipinski definition) is 1. The van der Waals surface area contributed by atoms with Crippen LogP contribution in [0.4, 0.5) is 10.2 Å². The van der Waals surface area contributed by atoms with Crippen molar-refractivity contribution >= 4 is 46.1 Å². The van der Waals surface area contributed by atoms with Crippen molar-refractivity contribution in [3.05, 3.63) is 38.7 Å². The van der Waals surface area contributed by atoms with E-state index in [-0.39, 0.29) is 5.28 Å². The summed E-state index contributed by atoms with van der Waals surface area (Å²) in [6.07, 6.45) is 3.42. The summed E-state index contributed by atoms with van der Waals surface area (Å²) < 4.78 is 19.8. The third-order valence-corrected chi connectivity index (χ3v) is 5.98. The molecule has 0 saturated heterocycles. The minimum Gasteiger partial charge on any atom is -0.362 e. The molecule has 0 atom stereocenters.